The monoisotopic (exact) mass is 436 g/mol. The third-order valence-corrected chi connectivity index (χ3v) is 6.68. The fraction of sp³-hybridized carbons (Fsp3) is 0.417. The van der Waals surface area contributed by atoms with E-state index in [1.807, 2.05) is 36.2 Å². The maximum absolute atomic E-state index is 13.1. The van der Waals surface area contributed by atoms with Crippen molar-refractivity contribution in [2.45, 2.75) is 12.5 Å². The van der Waals surface area contributed by atoms with Crippen molar-refractivity contribution in [2.24, 2.45) is 0 Å². The lowest BCUT2D eigenvalue weighted by Crippen LogP contribution is -2.48. The van der Waals surface area contributed by atoms with Gasteiger partial charge in [-0.25, -0.2) is 14.3 Å². The second-order valence-electron chi connectivity index (χ2n) is 8.62. The second kappa shape index (κ2) is 9.18. The second-order valence-corrected chi connectivity index (χ2v) is 8.62. The summed E-state index contributed by atoms with van der Waals surface area (Å²) in [6, 6.07) is 18.8. The van der Waals surface area contributed by atoms with Crippen LogP contribution in [0.1, 0.15) is 6.42 Å². The molecule has 3 heterocycles. The molecule has 1 saturated heterocycles. The largest absolute Gasteiger partial charge is 0.412 e. The molecule has 1 unspecified atom stereocenters. The number of anilines is 2. The Bertz CT molecular complexity index is 1060. The van der Waals surface area contributed by atoms with Gasteiger partial charge >= 0.3 is 6.03 Å². The molecule has 0 radical (unpaired) electrons. The standard InChI is InChI=1S/C24H30N6O.H2O/c1-26-18-20(12-13-28-14-16-29(17-15-28)19-8-4-3-5-9-19)27(2)23-25-21-10-6-7-11-22(21)30(23)24(26)31;/h3-11,20H,12-18H2,1-2H3;1H2. The first-order chi connectivity index (χ1) is 15.1. The van der Waals surface area contributed by atoms with Crippen LogP contribution < -0.4 is 9.80 Å². The molecule has 8 heteroatoms. The number of fused-ring (bicyclic) bond motifs is 3. The number of carbonyl (C=O) groups is 1. The predicted octanol–water partition coefficient (Wildman–Crippen LogP) is 2.14. The average molecular weight is 437 g/mol. The van der Waals surface area contributed by atoms with Crippen molar-refractivity contribution >= 4 is 28.7 Å². The lowest BCUT2D eigenvalue weighted by molar-refractivity contribution is 0.207. The van der Waals surface area contributed by atoms with E-state index in [0.29, 0.717) is 6.54 Å². The van der Waals surface area contributed by atoms with Crippen molar-refractivity contribution in [3.63, 3.8) is 0 Å². The quantitative estimate of drug-likeness (QED) is 0.626. The zero-order valence-corrected chi connectivity index (χ0v) is 18.8. The van der Waals surface area contributed by atoms with E-state index in [0.717, 1.165) is 56.1 Å². The highest BCUT2D eigenvalue weighted by atomic mass is 16.2. The van der Waals surface area contributed by atoms with Crippen molar-refractivity contribution in [2.75, 3.05) is 63.2 Å². The van der Waals surface area contributed by atoms with E-state index in [9.17, 15) is 4.79 Å². The molecule has 170 valence electrons. The average Bonchev–Trinajstić information content (AvgIpc) is 3.17. The summed E-state index contributed by atoms with van der Waals surface area (Å²) in [5, 5.41) is 0. The molecule has 0 spiro atoms. The van der Waals surface area contributed by atoms with Crippen molar-refractivity contribution in [1.82, 2.24) is 19.4 Å². The molecule has 2 aliphatic heterocycles. The first kappa shape index (κ1) is 22.1. The van der Waals surface area contributed by atoms with E-state index in [1.165, 1.54) is 5.69 Å². The Morgan fingerprint density at radius 3 is 2.38 bits per heavy atom. The van der Waals surface area contributed by atoms with Crippen LogP contribution in [0.5, 0.6) is 0 Å². The lowest BCUT2D eigenvalue weighted by Gasteiger charge is -2.37. The van der Waals surface area contributed by atoms with Gasteiger partial charge in [-0.2, -0.15) is 0 Å². The summed E-state index contributed by atoms with van der Waals surface area (Å²) in [4.78, 5) is 26.9. The number of benzene rings is 2. The Labute approximate surface area is 188 Å². The summed E-state index contributed by atoms with van der Waals surface area (Å²) in [7, 11) is 3.97. The molecule has 1 aromatic heterocycles. The van der Waals surface area contributed by atoms with Gasteiger partial charge in [0.15, 0.2) is 0 Å². The zero-order chi connectivity index (χ0) is 21.4. The smallest absolute Gasteiger partial charge is 0.331 e. The minimum Gasteiger partial charge on any atom is -0.412 e. The van der Waals surface area contributed by atoms with Gasteiger partial charge in [0.1, 0.15) is 0 Å². The molecule has 8 nitrogen and oxygen atoms in total. The summed E-state index contributed by atoms with van der Waals surface area (Å²) in [6.45, 7) is 5.98. The number of piperazine rings is 1. The Morgan fingerprint density at radius 2 is 1.62 bits per heavy atom. The highest BCUT2D eigenvalue weighted by Gasteiger charge is 2.32. The van der Waals surface area contributed by atoms with Gasteiger partial charge in [0.25, 0.3) is 0 Å². The highest BCUT2D eigenvalue weighted by molar-refractivity contribution is 5.93. The SMILES string of the molecule is CN1CC(CCN2CCN(c3ccccc3)CC2)N(C)c2nc3ccccc3n2C1=O.O. The maximum Gasteiger partial charge on any atom is 0.331 e. The minimum atomic E-state index is -0.00507. The zero-order valence-electron chi connectivity index (χ0n) is 18.8. The number of rotatable bonds is 4. The number of hydrogen-bond acceptors (Lipinski definition) is 5. The molecule has 0 saturated carbocycles. The first-order valence-corrected chi connectivity index (χ1v) is 11.1. The molecule has 3 aromatic rings. The number of aromatic nitrogens is 2. The molecule has 1 atom stereocenters. The predicted molar refractivity (Wildman–Crippen MR) is 129 cm³/mol. The van der Waals surface area contributed by atoms with Gasteiger partial charge in [-0.3, -0.25) is 4.90 Å². The summed E-state index contributed by atoms with van der Waals surface area (Å²) in [5.41, 5.74) is 3.05. The van der Waals surface area contributed by atoms with Gasteiger partial charge in [-0.1, -0.05) is 30.3 Å². The normalized spacial score (nSPS) is 19.6. The Balaban J connectivity index is 0.00000245. The minimum absolute atomic E-state index is 0. The van der Waals surface area contributed by atoms with Crippen molar-refractivity contribution < 1.29 is 10.3 Å². The van der Waals surface area contributed by atoms with E-state index in [4.69, 9.17) is 4.98 Å². The van der Waals surface area contributed by atoms with Crippen LogP contribution in [0.2, 0.25) is 0 Å². The number of nitrogens with zero attached hydrogens (tertiary/aromatic N) is 6. The third-order valence-electron chi connectivity index (χ3n) is 6.68. The molecular weight excluding hydrogens is 404 g/mol. The Kier molecular flexibility index (Phi) is 6.34. The molecule has 2 aliphatic rings. The van der Waals surface area contributed by atoms with Crippen LogP contribution in [-0.4, -0.2) is 90.3 Å². The van der Waals surface area contributed by atoms with Crippen LogP contribution in [0.25, 0.3) is 11.0 Å². The van der Waals surface area contributed by atoms with E-state index >= 15 is 0 Å². The van der Waals surface area contributed by atoms with Gasteiger partial charge in [0.2, 0.25) is 5.95 Å². The van der Waals surface area contributed by atoms with Gasteiger partial charge in [0.05, 0.1) is 17.1 Å². The molecule has 2 N–H and O–H groups in total. The molecule has 1 amide bonds. The summed E-state index contributed by atoms with van der Waals surface area (Å²) >= 11 is 0. The van der Waals surface area contributed by atoms with Crippen LogP contribution in [-0.2, 0) is 0 Å². The molecule has 0 bridgehead atoms. The molecule has 2 aromatic carbocycles. The number of para-hydroxylation sites is 3. The van der Waals surface area contributed by atoms with E-state index in [1.54, 1.807) is 4.57 Å². The number of hydrogen-bond donors (Lipinski definition) is 0. The van der Waals surface area contributed by atoms with Crippen LogP contribution in [0.15, 0.2) is 54.6 Å². The number of amides is 1. The molecule has 32 heavy (non-hydrogen) atoms. The van der Waals surface area contributed by atoms with Gasteiger partial charge in [-0.05, 0) is 30.7 Å². The van der Waals surface area contributed by atoms with E-state index in [2.05, 4.69) is 52.1 Å². The van der Waals surface area contributed by atoms with Crippen LogP contribution in [0, 0.1) is 0 Å². The fourth-order valence-electron chi connectivity index (χ4n) is 4.77. The summed E-state index contributed by atoms with van der Waals surface area (Å²) in [5.74, 6) is 0.745. The van der Waals surface area contributed by atoms with Crippen LogP contribution in [0.3, 0.4) is 0 Å². The number of likely N-dealkylation sites (N-methyl/N-ethyl adjacent to an activating group) is 2. The highest BCUT2D eigenvalue weighted by Crippen LogP contribution is 2.27. The summed E-state index contributed by atoms with van der Waals surface area (Å²) in [6.07, 6.45) is 1.00. The molecule has 5 rings (SSSR count). The van der Waals surface area contributed by atoms with E-state index < -0.39 is 0 Å². The number of carbonyl (C=O) groups excluding carboxylic acids is 1. The Hall–Kier alpha value is -3.10. The van der Waals surface area contributed by atoms with Crippen molar-refractivity contribution in [3.05, 3.63) is 54.6 Å². The molecular formula is C24H32N6O2. The Morgan fingerprint density at radius 1 is 0.938 bits per heavy atom. The fourth-order valence-corrected chi connectivity index (χ4v) is 4.77. The number of imidazole rings is 1. The van der Waals surface area contributed by atoms with E-state index in [-0.39, 0.29) is 17.5 Å². The van der Waals surface area contributed by atoms with Gasteiger partial charge in [-0.15, -0.1) is 0 Å². The van der Waals surface area contributed by atoms with Gasteiger partial charge in [0, 0.05) is 59.1 Å². The topological polar surface area (TPSA) is 79.3 Å². The van der Waals surface area contributed by atoms with Crippen molar-refractivity contribution in [3.8, 4) is 0 Å². The maximum atomic E-state index is 13.1. The first-order valence-electron chi connectivity index (χ1n) is 11.1. The third kappa shape index (κ3) is 4.03. The van der Waals surface area contributed by atoms with Gasteiger partial charge < -0.3 is 20.2 Å². The molecule has 0 aliphatic carbocycles. The summed E-state index contributed by atoms with van der Waals surface area (Å²) < 4.78 is 1.76. The molecule has 1 fully saturated rings. The van der Waals surface area contributed by atoms with Crippen LogP contribution >= 0.6 is 0 Å². The van der Waals surface area contributed by atoms with Crippen LogP contribution in [0.4, 0.5) is 16.4 Å². The lowest BCUT2D eigenvalue weighted by atomic mass is 10.1. The van der Waals surface area contributed by atoms with Crippen molar-refractivity contribution in [1.29, 1.82) is 0 Å².